The highest BCUT2D eigenvalue weighted by molar-refractivity contribution is 7.22. The molecular weight excluding hydrogens is 346 g/mol. The van der Waals surface area contributed by atoms with Gasteiger partial charge in [-0.2, -0.15) is 0 Å². The summed E-state index contributed by atoms with van der Waals surface area (Å²) in [5.74, 6) is 1.15. The van der Waals surface area contributed by atoms with Crippen LogP contribution in [-0.4, -0.2) is 29.8 Å². The number of aromatic nitrogens is 2. The molecule has 1 aliphatic rings. The van der Waals surface area contributed by atoms with Crippen LogP contribution >= 0.6 is 22.9 Å². The molecule has 0 saturated carbocycles. The third kappa shape index (κ3) is 3.37. The maximum atomic E-state index is 5.96. The van der Waals surface area contributed by atoms with Crippen LogP contribution in [0.15, 0.2) is 36.7 Å². The number of hydrogen-bond acceptors (Lipinski definition) is 6. The topological polar surface area (TPSA) is 56.3 Å². The first-order chi connectivity index (χ1) is 11.8. The zero-order chi connectivity index (χ0) is 16.4. The molecule has 3 heterocycles. The molecule has 0 aliphatic carbocycles. The molecule has 124 valence electrons. The average molecular weight is 362 g/mol. The minimum atomic E-state index is 0.447. The van der Waals surface area contributed by atoms with Crippen molar-refractivity contribution in [3.63, 3.8) is 0 Å². The number of rotatable bonds is 5. The molecule has 1 atom stereocenters. The van der Waals surface area contributed by atoms with Gasteiger partial charge in [0.25, 0.3) is 0 Å². The Morgan fingerprint density at radius 2 is 2.17 bits per heavy atom. The molecule has 0 amide bonds. The largest absolute Gasteiger partial charge is 0.381 e. The second-order valence-electron chi connectivity index (χ2n) is 5.70. The first kappa shape index (κ1) is 15.8. The van der Waals surface area contributed by atoms with E-state index >= 15 is 0 Å². The van der Waals surface area contributed by atoms with Gasteiger partial charge < -0.3 is 4.74 Å². The van der Waals surface area contributed by atoms with E-state index in [0.29, 0.717) is 18.3 Å². The fourth-order valence-corrected chi connectivity index (χ4v) is 3.80. The summed E-state index contributed by atoms with van der Waals surface area (Å²) in [4.78, 5) is 15.4. The molecule has 1 saturated heterocycles. The van der Waals surface area contributed by atoms with Gasteiger partial charge in [0.15, 0.2) is 5.82 Å². The fourth-order valence-electron chi connectivity index (χ4n) is 2.63. The minimum Gasteiger partial charge on any atom is -0.381 e. The molecule has 1 aliphatic heterocycles. The van der Waals surface area contributed by atoms with E-state index in [1.54, 1.807) is 17.7 Å². The molecule has 24 heavy (non-hydrogen) atoms. The smallest absolute Gasteiger partial charge is 0.171 e. The molecule has 3 aromatic rings. The molecule has 1 N–H and O–H groups in total. The maximum absolute atomic E-state index is 5.96. The van der Waals surface area contributed by atoms with Crippen molar-refractivity contribution in [1.29, 1.82) is 0 Å². The van der Waals surface area contributed by atoms with Crippen LogP contribution in [0.25, 0.3) is 20.7 Å². The van der Waals surface area contributed by atoms with Crippen LogP contribution in [0.1, 0.15) is 6.42 Å². The molecule has 1 fully saturated rings. The number of nitrogens with zero attached hydrogens (tertiary/aromatic N) is 2. The summed E-state index contributed by atoms with van der Waals surface area (Å²) in [7, 11) is 0. The predicted molar refractivity (Wildman–Crippen MR) is 96.4 cm³/mol. The summed E-state index contributed by atoms with van der Waals surface area (Å²) in [5, 5.41) is 0.728. The van der Waals surface area contributed by atoms with E-state index in [4.69, 9.17) is 21.2 Å². The van der Waals surface area contributed by atoms with Gasteiger partial charge in [-0.1, -0.05) is 23.7 Å². The van der Waals surface area contributed by atoms with Crippen molar-refractivity contribution in [2.45, 2.75) is 6.42 Å². The molecule has 0 spiro atoms. The Hall–Kier alpha value is -1.73. The normalized spacial score (nSPS) is 17.5. The number of nitrogens with one attached hydrogen (secondary N) is 1. The molecule has 0 radical (unpaired) electrons. The van der Waals surface area contributed by atoms with Crippen LogP contribution in [0.3, 0.4) is 0 Å². The number of fused-ring (bicyclic) bond motifs is 1. The van der Waals surface area contributed by atoms with E-state index in [1.165, 1.54) is 0 Å². The maximum Gasteiger partial charge on any atom is 0.171 e. The zero-order valence-corrected chi connectivity index (χ0v) is 14.4. The number of ether oxygens (including phenoxy) is 1. The number of halogens is 1. The highest BCUT2D eigenvalue weighted by atomic mass is 35.5. The van der Waals surface area contributed by atoms with Crippen molar-refractivity contribution in [2.75, 3.05) is 25.3 Å². The van der Waals surface area contributed by atoms with E-state index in [2.05, 4.69) is 21.5 Å². The van der Waals surface area contributed by atoms with Gasteiger partial charge in [0.2, 0.25) is 0 Å². The SMILES string of the molecule is Clc1ccc(-c2cc3ncnc(NOCC4CCOC4)c3s2)cc1. The highest BCUT2D eigenvalue weighted by Crippen LogP contribution is 2.36. The molecule has 1 aromatic carbocycles. The predicted octanol–water partition coefficient (Wildman–Crippen LogP) is 4.39. The summed E-state index contributed by atoms with van der Waals surface area (Å²) in [6, 6.07) is 9.84. The number of benzene rings is 1. The molecule has 2 aromatic heterocycles. The summed E-state index contributed by atoms with van der Waals surface area (Å²) in [6.45, 7) is 2.20. The minimum absolute atomic E-state index is 0.447. The van der Waals surface area contributed by atoms with E-state index < -0.39 is 0 Å². The van der Waals surface area contributed by atoms with Crippen molar-refractivity contribution < 1.29 is 9.57 Å². The highest BCUT2D eigenvalue weighted by Gasteiger charge is 2.16. The molecular formula is C17H16ClN3O2S. The molecule has 4 rings (SSSR count). The van der Waals surface area contributed by atoms with E-state index in [0.717, 1.165) is 45.3 Å². The van der Waals surface area contributed by atoms with Crippen molar-refractivity contribution in [3.05, 3.63) is 41.7 Å². The van der Waals surface area contributed by atoms with Gasteiger partial charge in [0, 0.05) is 22.4 Å². The lowest BCUT2D eigenvalue weighted by atomic mass is 10.1. The van der Waals surface area contributed by atoms with Crippen LogP contribution in [-0.2, 0) is 9.57 Å². The molecule has 0 bridgehead atoms. The number of thiophene rings is 1. The van der Waals surface area contributed by atoms with Gasteiger partial charge in [0.1, 0.15) is 6.33 Å². The van der Waals surface area contributed by atoms with E-state index in [-0.39, 0.29) is 0 Å². The molecule has 1 unspecified atom stereocenters. The summed E-state index contributed by atoms with van der Waals surface area (Å²) in [6.07, 6.45) is 2.59. The Bertz CT molecular complexity index is 831. The first-order valence-electron chi connectivity index (χ1n) is 7.75. The second-order valence-corrected chi connectivity index (χ2v) is 7.19. The lowest BCUT2D eigenvalue weighted by molar-refractivity contribution is 0.126. The van der Waals surface area contributed by atoms with Gasteiger partial charge in [-0.3, -0.25) is 4.84 Å². The molecule has 7 heteroatoms. The number of hydrogen-bond donors (Lipinski definition) is 1. The standard InChI is InChI=1S/C17H16ClN3O2S/c18-13-3-1-12(2-4-13)15-7-14-16(24-15)17(20-10-19-14)21-23-9-11-5-6-22-8-11/h1-4,7,10-11H,5-6,8-9H2,(H,19,20,21). The van der Waals surface area contributed by atoms with Crippen molar-refractivity contribution in [3.8, 4) is 10.4 Å². The summed E-state index contributed by atoms with van der Waals surface area (Å²) in [5.41, 5.74) is 4.98. The third-order valence-corrected chi connectivity index (χ3v) is 5.38. The van der Waals surface area contributed by atoms with Crippen LogP contribution in [0, 0.1) is 5.92 Å². The van der Waals surface area contributed by atoms with Gasteiger partial charge >= 0.3 is 0 Å². The van der Waals surface area contributed by atoms with Crippen molar-refractivity contribution in [2.24, 2.45) is 5.92 Å². The van der Waals surface area contributed by atoms with Gasteiger partial charge in [0.05, 0.1) is 23.4 Å². The van der Waals surface area contributed by atoms with Crippen LogP contribution < -0.4 is 5.48 Å². The monoisotopic (exact) mass is 361 g/mol. The number of anilines is 1. The lowest BCUT2D eigenvalue weighted by Crippen LogP contribution is -2.13. The second kappa shape index (κ2) is 7.03. The molecule has 5 nitrogen and oxygen atoms in total. The van der Waals surface area contributed by atoms with E-state index in [1.807, 2.05) is 24.3 Å². The Morgan fingerprint density at radius 1 is 1.29 bits per heavy atom. The van der Waals surface area contributed by atoms with Crippen LogP contribution in [0.5, 0.6) is 0 Å². The van der Waals surface area contributed by atoms with Gasteiger partial charge in [-0.05, 0) is 30.2 Å². The van der Waals surface area contributed by atoms with E-state index in [9.17, 15) is 0 Å². The van der Waals surface area contributed by atoms with Gasteiger partial charge in [-0.25, -0.2) is 15.4 Å². The zero-order valence-electron chi connectivity index (χ0n) is 12.9. The quantitative estimate of drug-likeness (QED) is 0.683. The summed E-state index contributed by atoms with van der Waals surface area (Å²) < 4.78 is 6.33. The van der Waals surface area contributed by atoms with Crippen LogP contribution in [0.2, 0.25) is 5.02 Å². The summed E-state index contributed by atoms with van der Waals surface area (Å²) >= 11 is 7.59. The third-order valence-electron chi connectivity index (χ3n) is 3.95. The Morgan fingerprint density at radius 3 is 2.96 bits per heavy atom. The van der Waals surface area contributed by atoms with Gasteiger partial charge in [-0.15, -0.1) is 11.3 Å². The lowest BCUT2D eigenvalue weighted by Gasteiger charge is -2.09. The fraction of sp³-hybridized carbons (Fsp3) is 0.294. The van der Waals surface area contributed by atoms with Crippen molar-refractivity contribution in [1.82, 2.24) is 9.97 Å². The Kier molecular flexibility index (Phi) is 4.62. The Labute approximate surface area is 148 Å². The van der Waals surface area contributed by atoms with Crippen molar-refractivity contribution >= 4 is 39.0 Å². The average Bonchev–Trinajstić information content (AvgIpc) is 3.25. The Balaban J connectivity index is 1.54. The first-order valence-corrected chi connectivity index (χ1v) is 8.95. The van der Waals surface area contributed by atoms with Crippen LogP contribution in [0.4, 0.5) is 5.82 Å².